The molecule has 1 unspecified atom stereocenters. The number of hydrogen-bond donors (Lipinski definition) is 0. The Morgan fingerprint density at radius 3 is 1.78 bits per heavy atom. The van der Waals surface area contributed by atoms with Crippen LogP contribution in [0, 0.1) is 0 Å². The minimum atomic E-state index is -4.08. The highest BCUT2D eigenvalue weighted by Crippen LogP contribution is 2.42. The summed E-state index contributed by atoms with van der Waals surface area (Å²) in [6.45, 7) is 5.96. The lowest BCUT2D eigenvalue weighted by Gasteiger charge is -2.23. The van der Waals surface area contributed by atoms with Crippen LogP contribution in [0.2, 0.25) is 0 Å². The molecule has 0 nitrogen and oxygen atoms in total. The molecule has 1 atom stereocenters. The van der Waals surface area contributed by atoms with Gasteiger partial charge in [-0.2, -0.15) is 8.78 Å². The summed E-state index contributed by atoms with van der Waals surface area (Å²) in [4.78, 5) is -1.68. The van der Waals surface area contributed by atoms with Gasteiger partial charge in [-0.05, 0) is 16.5 Å². The van der Waals surface area contributed by atoms with Gasteiger partial charge in [0.1, 0.15) is 4.83 Å². The van der Waals surface area contributed by atoms with Crippen LogP contribution in [0.5, 0.6) is 0 Å². The normalized spacial score (nSPS) is 14.9. The molecule has 0 fully saturated rings. The summed E-state index contributed by atoms with van der Waals surface area (Å²) >= 11 is 2.65. The number of benzene rings is 1. The summed E-state index contributed by atoms with van der Waals surface area (Å²) < 4.78 is 50.8. The van der Waals surface area contributed by atoms with Crippen molar-refractivity contribution in [1.29, 1.82) is 0 Å². The first kappa shape index (κ1) is 15.5. The maximum absolute atomic E-state index is 13.2. The molecule has 0 radical (unpaired) electrons. The lowest BCUT2D eigenvalue weighted by atomic mass is 9.86. The third kappa shape index (κ3) is 3.25. The fourth-order valence-corrected chi connectivity index (χ4v) is 1.99. The lowest BCUT2D eigenvalue weighted by molar-refractivity contribution is -0.127. The summed E-state index contributed by atoms with van der Waals surface area (Å²) in [5.74, 6) is -4.08. The van der Waals surface area contributed by atoms with Gasteiger partial charge in [-0.3, -0.25) is 0 Å². The van der Waals surface area contributed by atoms with Crippen LogP contribution in [0.1, 0.15) is 36.7 Å². The zero-order valence-corrected chi connectivity index (χ0v) is 11.9. The Morgan fingerprint density at radius 2 is 1.44 bits per heavy atom. The van der Waals surface area contributed by atoms with Gasteiger partial charge in [-0.25, -0.2) is 8.78 Å². The van der Waals surface area contributed by atoms with E-state index in [0.29, 0.717) is 0 Å². The van der Waals surface area contributed by atoms with Gasteiger partial charge in [-0.15, -0.1) is 0 Å². The zero-order chi connectivity index (χ0) is 14.1. The van der Waals surface area contributed by atoms with E-state index in [-0.39, 0.29) is 11.0 Å². The monoisotopic (exact) mass is 326 g/mol. The molecule has 0 aromatic heterocycles. The Hall–Kier alpha value is -0.580. The summed E-state index contributed by atoms with van der Waals surface area (Å²) in [5.41, 5.74) is 1.01. The third-order valence-electron chi connectivity index (χ3n) is 2.70. The summed E-state index contributed by atoms with van der Waals surface area (Å²) in [6, 6.07) is 6.28. The van der Waals surface area contributed by atoms with E-state index >= 15 is 0 Å². The molecule has 0 saturated carbocycles. The van der Waals surface area contributed by atoms with Crippen molar-refractivity contribution in [3.63, 3.8) is 0 Å². The fourth-order valence-electron chi connectivity index (χ4n) is 1.48. The highest BCUT2D eigenvalue weighted by atomic mass is 79.9. The van der Waals surface area contributed by atoms with Crippen LogP contribution >= 0.6 is 15.9 Å². The molecule has 0 spiro atoms. The molecule has 0 N–H and O–H groups in total. The van der Waals surface area contributed by atoms with E-state index in [1.54, 1.807) is 12.1 Å². The van der Waals surface area contributed by atoms with Crippen LogP contribution in [0.4, 0.5) is 17.6 Å². The molecule has 5 heteroatoms. The predicted octanol–water partition coefficient (Wildman–Crippen LogP) is 5.32. The van der Waals surface area contributed by atoms with E-state index in [1.165, 1.54) is 12.1 Å². The summed E-state index contributed by atoms with van der Waals surface area (Å²) in [5, 5.41) is 0. The van der Waals surface area contributed by atoms with Crippen molar-refractivity contribution in [2.24, 2.45) is 0 Å². The summed E-state index contributed by atoms with van der Waals surface area (Å²) in [6.07, 6.45) is -3.69. The second kappa shape index (κ2) is 5.19. The van der Waals surface area contributed by atoms with Crippen LogP contribution in [0.15, 0.2) is 24.3 Å². The molecular formula is C13H15BrF4. The number of hydrogen-bond acceptors (Lipinski definition) is 0. The molecule has 0 aliphatic rings. The van der Waals surface area contributed by atoms with Crippen molar-refractivity contribution in [3.05, 3.63) is 35.4 Å². The average molecular weight is 327 g/mol. The second-order valence-electron chi connectivity index (χ2n) is 5.21. The van der Waals surface area contributed by atoms with E-state index in [0.717, 1.165) is 5.56 Å². The van der Waals surface area contributed by atoms with Gasteiger partial charge in [0.15, 0.2) is 0 Å². The Bertz CT molecular complexity index is 392. The van der Waals surface area contributed by atoms with Gasteiger partial charge >= 0.3 is 12.3 Å². The van der Waals surface area contributed by atoms with Crippen molar-refractivity contribution < 1.29 is 17.6 Å². The SMILES string of the molecule is CC(C)(C)c1ccc(C(Br)C(F)(F)C(F)F)cc1. The largest absolute Gasteiger partial charge is 0.323 e. The van der Waals surface area contributed by atoms with Crippen molar-refractivity contribution in [1.82, 2.24) is 0 Å². The fraction of sp³-hybridized carbons (Fsp3) is 0.538. The Balaban J connectivity index is 2.99. The van der Waals surface area contributed by atoms with E-state index in [9.17, 15) is 17.6 Å². The van der Waals surface area contributed by atoms with E-state index in [4.69, 9.17) is 0 Å². The molecule has 0 amide bonds. The zero-order valence-electron chi connectivity index (χ0n) is 10.4. The minimum absolute atomic E-state index is 0.106. The molecule has 0 saturated heterocycles. The topological polar surface area (TPSA) is 0 Å². The molecular weight excluding hydrogens is 312 g/mol. The van der Waals surface area contributed by atoms with E-state index in [2.05, 4.69) is 15.9 Å². The molecule has 0 aliphatic heterocycles. The number of halogens is 5. The van der Waals surface area contributed by atoms with Crippen molar-refractivity contribution in [2.45, 2.75) is 43.4 Å². The first-order chi connectivity index (χ1) is 8.06. The smallest absolute Gasteiger partial charge is 0.204 e. The van der Waals surface area contributed by atoms with Crippen LogP contribution < -0.4 is 0 Å². The Morgan fingerprint density at radius 1 is 1.00 bits per heavy atom. The standard InChI is InChI=1S/C13H15BrF4/c1-12(2,3)9-6-4-8(5-7-9)10(14)13(17,18)11(15)16/h4-7,10-11H,1-3H3. The molecule has 102 valence electrons. The van der Waals surface area contributed by atoms with Crippen LogP contribution in [-0.2, 0) is 5.41 Å². The lowest BCUT2D eigenvalue weighted by Crippen LogP contribution is -2.31. The maximum atomic E-state index is 13.2. The molecule has 18 heavy (non-hydrogen) atoms. The third-order valence-corrected chi connectivity index (χ3v) is 3.84. The first-order valence-electron chi connectivity index (χ1n) is 5.47. The maximum Gasteiger partial charge on any atom is 0.323 e. The molecule has 1 aromatic carbocycles. The van der Waals surface area contributed by atoms with Crippen LogP contribution in [0.3, 0.4) is 0 Å². The first-order valence-corrected chi connectivity index (χ1v) is 6.39. The van der Waals surface area contributed by atoms with Crippen molar-refractivity contribution >= 4 is 15.9 Å². The predicted molar refractivity (Wildman–Crippen MR) is 67.8 cm³/mol. The van der Waals surface area contributed by atoms with Crippen molar-refractivity contribution in [2.75, 3.05) is 0 Å². The Labute approximate surface area is 113 Å². The molecule has 1 rings (SSSR count). The second-order valence-corrected chi connectivity index (χ2v) is 6.13. The van der Waals surface area contributed by atoms with Gasteiger partial charge in [0.2, 0.25) is 0 Å². The molecule has 1 aromatic rings. The summed E-state index contributed by atoms with van der Waals surface area (Å²) in [7, 11) is 0. The molecule has 0 aliphatic carbocycles. The minimum Gasteiger partial charge on any atom is -0.204 e. The van der Waals surface area contributed by atoms with Gasteiger partial charge in [0.25, 0.3) is 0 Å². The highest BCUT2D eigenvalue weighted by molar-refractivity contribution is 9.09. The van der Waals surface area contributed by atoms with Crippen LogP contribution in [-0.4, -0.2) is 12.3 Å². The quantitative estimate of drug-likeness (QED) is 0.521. The Kier molecular flexibility index (Phi) is 4.47. The number of rotatable bonds is 3. The van der Waals surface area contributed by atoms with Crippen LogP contribution in [0.25, 0.3) is 0 Å². The van der Waals surface area contributed by atoms with Gasteiger partial charge in [0, 0.05) is 0 Å². The van der Waals surface area contributed by atoms with Gasteiger partial charge in [0.05, 0.1) is 0 Å². The van der Waals surface area contributed by atoms with Crippen molar-refractivity contribution in [3.8, 4) is 0 Å². The van der Waals surface area contributed by atoms with E-state index < -0.39 is 17.2 Å². The highest BCUT2D eigenvalue weighted by Gasteiger charge is 2.48. The van der Waals surface area contributed by atoms with E-state index in [1.807, 2.05) is 20.8 Å². The molecule has 0 heterocycles. The van der Waals surface area contributed by atoms with Gasteiger partial charge in [-0.1, -0.05) is 61.0 Å². The molecule has 0 bridgehead atoms. The van der Waals surface area contributed by atoms with Gasteiger partial charge < -0.3 is 0 Å². The average Bonchev–Trinajstić information content (AvgIpc) is 2.26. The number of alkyl halides is 5.